The van der Waals surface area contributed by atoms with Gasteiger partial charge in [-0.05, 0) is 36.8 Å². The standard InChI is InChI=1S/C21H18N2O3S2/c1-13-8-9-23(16-4-2-3-5-19(16)28-13)21(24)15-11-27-20(22-15)14-6-7-17-18(10-14)26-12-25-17/h2-7,10-11,13H,8-9,12H2,1H3. The van der Waals surface area contributed by atoms with E-state index in [1.165, 1.54) is 11.3 Å². The fraction of sp³-hybridized carbons (Fsp3) is 0.238. The number of amides is 1. The Morgan fingerprint density at radius 2 is 2.04 bits per heavy atom. The van der Waals surface area contributed by atoms with Crippen LogP contribution in [0.4, 0.5) is 5.69 Å². The number of benzene rings is 2. The molecule has 2 aliphatic rings. The topological polar surface area (TPSA) is 51.7 Å². The minimum atomic E-state index is -0.0506. The van der Waals surface area contributed by atoms with Crippen LogP contribution in [0, 0.1) is 0 Å². The number of thiazole rings is 1. The molecule has 0 saturated carbocycles. The number of rotatable bonds is 2. The van der Waals surface area contributed by atoms with Gasteiger partial charge in [-0.2, -0.15) is 0 Å². The summed E-state index contributed by atoms with van der Waals surface area (Å²) in [6, 6.07) is 13.8. The number of carbonyl (C=O) groups is 1. The highest BCUT2D eigenvalue weighted by Crippen LogP contribution is 2.39. The van der Waals surface area contributed by atoms with Crippen LogP contribution < -0.4 is 14.4 Å². The van der Waals surface area contributed by atoms with Crippen LogP contribution in [-0.2, 0) is 0 Å². The third-order valence-electron chi connectivity index (χ3n) is 4.83. The van der Waals surface area contributed by atoms with E-state index < -0.39 is 0 Å². The Kier molecular flexibility index (Phi) is 4.49. The summed E-state index contributed by atoms with van der Waals surface area (Å²) in [6.07, 6.45) is 0.949. The van der Waals surface area contributed by atoms with Gasteiger partial charge in [0.15, 0.2) is 11.5 Å². The molecule has 0 N–H and O–H groups in total. The maximum Gasteiger partial charge on any atom is 0.277 e. The van der Waals surface area contributed by atoms with Crippen molar-refractivity contribution < 1.29 is 14.3 Å². The number of ether oxygens (including phenoxy) is 2. The van der Waals surface area contributed by atoms with Crippen molar-refractivity contribution in [2.75, 3.05) is 18.2 Å². The molecule has 1 unspecified atom stereocenters. The Morgan fingerprint density at radius 3 is 2.96 bits per heavy atom. The quantitative estimate of drug-likeness (QED) is 0.590. The van der Waals surface area contributed by atoms with Gasteiger partial charge in [0, 0.05) is 27.6 Å². The number of carbonyl (C=O) groups excluding carboxylic acids is 1. The van der Waals surface area contributed by atoms with Crippen molar-refractivity contribution in [1.82, 2.24) is 4.98 Å². The summed E-state index contributed by atoms with van der Waals surface area (Å²) in [4.78, 5) is 20.9. The van der Waals surface area contributed by atoms with Crippen LogP contribution in [0.1, 0.15) is 23.8 Å². The number of para-hydroxylation sites is 1. The van der Waals surface area contributed by atoms with Crippen LogP contribution in [0.15, 0.2) is 52.7 Å². The molecule has 3 heterocycles. The van der Waals surface area contributed by atoms with Gasteiger partial charge >= 0.3 is 0 Å². The number of aromatic nitrogens is 1. The predicted octanol–water partition coefficient (Wildman–Crippen LogP) is 5.07. The lowest BCUT2D eigenvalue weighted by atomic mass is 10.2. The van der Waals surface area contributed by atoms with Crippen LogP contribution in [0.2, 0.25) is 0 Å². The van der Waals surface area contributed by atoms with Gasteiger partial charge in [-0.1, -0.05) is 19.1 Å². The Morgan fingerprint density at radius 1 is 1.18 bits per heavy atom. The van der Waals surface area contributed by atoms with E-state index in [0.717, 1.165) is 33.3 Å². The molecular weight excluding hydrogens is 392 g/mol. The molecule has 28 heavy (non-hydrogen) atoms. The van der Waals surface area contributed by atoms with Crippen molar-refractivity contribution in [2.24, 2.45) is 0 Å². The smallest absolute Gasteiger partial charge is 0.277 e. The first-order valence-corrected chi connectivity index (χ1v) is 10.9. The van der Waals surface area contributed by atoms with E-state index in [1.807, 2.05) is 58.4 Å². The Bertz CT molecular complexity index is 1050. The zero-order valence-electron chi connectivity index (χ0n) is 15.3. The summed E-state index contributed by atoms with van der Waals surface area (Å²) in [7, 11) is 0. The highest BCUT2D eigenvalue weighted by Gasteiger charge is 2.26. The predicted molar refractivity (Wildman–Crippen MR) is 112 cm³/mol. The zero-order valence-corrected chi connectivity index (χ0v) is 16.9. The lowest BCUT2D eigenvalue weighted by molar-refractivity contribution is 0.0982. The van der Waals surface area contributed by atoms with E-state index in [1.54, 1.807) is 0 Å². The lowest BCUT2D eigenvalue weighted by Crippen LogP contribution is -2.32. The molecule has 142 valence electrons. The second-order valence-corrected chi connectivity index (χ2v) is 9.09. The summed E-state index contributed by atoms with van der Waals surface area (Å²) in [5, 5.41) is 3.11. The first-order chi connectivity index (χ1) is 13.7. The van der Waals surface area contributed by atoms with Crippen LogP contribution in [0.3, 0.4) is 0 Å². The van der Waals surface area contributed by atoms with Crippen molar-refractivity contribution >= 4 is 34.7 Å². The molecule has 0 saturated heterocycles. The molecule has 0 aliphatic carbocycles. The number of anilines is 1. The van der Waals surface area contributed by atoms with E-state index >= 15 is 0 Å². The monoisotopic (exact) mass is 410 g/mol. The fourth-order valence-electron chi connectivity index (χ4n) is 3.37. The van der Waals surface area contributed by atoms with Crippen LogP contribution >= 0.6 is 23.1 Å². The highest BCUT2D eigenvalue weighted by molar-refractivity contribution is 8.00. The molecule has 0 bridgehead atoms. The minimum absolute atomic E-state index is 0.0506. The summed E-state index contributed by atoms with van der Waals surface area (Å²) in [6.45, 7) is 3.14. The number of fused-ring (bicyclic) bond motifs is 2. The van der Waals surface area contributed by atoms with Crippen LogP contribution in [0.5, 0.6) is 11.5 Å². The lowest BCUT2D eigenvalue weighted by Gasteiger charge is -2.21. The molecule has 0 fully saturated rings. The molecule has 1 atom stereocenters. The Balaban J connectivity index is 1.45. The van der Waals surface area contributed by atoms with Gasteiger partial charge in [0.2, 0.25) is 6.79 Å². The Labute approximate surface area is 171 Å². The molecule has 1 aromatic heterocycles. The van der Waals surface area contributed by atoms with Crippen LogP contribution in [0.25, 0.3) is 10.6 Å². The SMILES string of the molecule is CC1CCN(C(=O)c2csc(-c3ccc4c(c3)OCO4)n2)c2ccccc2S1. The van der Waals surface area contributed by atoms with E-state index in [4.69, 9.17) is 9.47 Å². The molecule has 5 rings (SSSR count). The molecule has 1 amide bonds. The third kappa shape index (κ3) is 3.14. The van der Waals surface area contributed by atoms with Crippen molar-refractivity contribution in [3.05, 3.63) is 53.5 Å². The molecule has 2 aromatic carbocycles. The summed E-state index contributed by atoms with van der Waals surface area (Å²) >= 11 is 3.29. The summed E-state index contributed by atoms with van der Waals surface area (Å²) in [5.74, 6) is 1.41. The summed E-state index contributed by atoms with van der Waals surface area (Å²) < 4.78 is 10.8. The number of thioether (sulfide) groups is 1. The largest absolute Gasteiger partial charge is 0.454 e. The van der Waals surface area contributed by atoms with Crippen molar-refractivity contribution in [2.45, 2.75) is 23.5 Å². The van der Waals surface area contributed by atoms with E-state index in [0.29, 0.717) is 23.2 Å². The molecular formula is C21H18N2O3S2. The Hall–Kier alpha value is -2.51. The second kappa shape index (κ2) is 7.14. The molecule has 3 aromatic rings. The molecule has 7 heteroatoms. The van der Waals surface area contributed by atoms with Gasteiger partial charge < -0.3 is 14.4 Å². The van der Waals surface area contributed by atoms with Gasteiger partial charge in [0.1, 0.15) is 10.7 Å². The molecule has 0 spiro atoms. The average molecular weight is 411 g/mol. The average Bonchev–Trinajstić information content (AvgIpc) is 3.34. The highest BCUT2D eigenvalue weighted by atomic mass is 32.2. The van der Waals surface area contributed by atoms with Gasteiger partial charge in [0.05, 0.1) is 5.69 Å². The zero-order chi connectivity index (χ0) is 19.1. The molecule has 0 radical (unpaired) electrons. The molecule has 2 aliphatic heterocycles. The maximum absolute atomic E-state index is 13.3. The van der Waals surface area contributed by atoms with Crippen LogP contribution in [-0.4, -0.2) is 29.5 Å². The first-order valence-electron chi connectivity index (χ1n) is 9.12. The number of nitrogens with zero attached hydrogens (tertiary/aromatic N) is 2. The van der Waals surface area contributed by atoms with E-state index in [-0.39, 0.29) is 12.7 Å². The van der Waals surface area contributed by atoms with E-state index in [9.17, 15) is 4.79 Å². The normalized spacial score (nSPS) is 17.9. The second-order valence-electron chi connectivity index (χ2n) is 6.75. The summed E-state index contributed by atoms with van der Waals surface area (Å²) in [5.41, 5.74) is 2.38. The van der Waals surface area contributed by atoms with Gasteiger partial charge in [0.25, 0.3) is 5.91 Å². The molecule has 5 nitrogen and oxygen atoms in total. The van der Waals surface area contributed by atoms with E-state index in [2.05, 4.69) is 18.0 Å². The third-order valence-corrected chi connectivity index (χ3v) is 6.96. The van der Waals surface area contributed by atoms with Crippen molar-refractivity contribution in [3.63, 3.8) is 0 Å². The van der Waals surface area contributed by atoms with Gasteiger partial charge in [-0.3, -0.25) is 4.79 Å². The maximum atomic E-state index is 13.3. The first kappa shape index (κ1) is 17.6. The number of hydrogen-bond acceptors (Lipinski definition) is 6. The minimum Gasteiger partial charge on any atom is -0.454 e. The van der Waals surface area contributed by atoms with Crippen molar-refractivity contribution in [1.29, 1.82) is 0 Å². The van der Waals surface area contributed by atoms with Gasteiger partial charge in [-0.15, -0.1) is 23.1 Å². The number of hydrogen-bond donors (Lipinski definition) is 0. The van der Waals surface area contributed by atoms with Gasteiger partial charge in [-0.25, -0.2) is 4.98 Å². The fourth-order valence-corrected chi connectivity index (χ4v) is 5.27. The van der Waals surface area contributed by atoms with Crippen molar-refractivity contribution in [3.8, 4) is 22.1 Å².